The van der Waals surface area contributed by atoms with Gasteiger partial charge in [0.15, 0.2) is 0 Å². The standard InChI is InChI=1S/C14H24BrNS/c1-4-6-11(7-5-2)13(16-3)10-14-12(15)8-9-17-14/h8-9,11,13,16H,4-7,10H2,1-3H3. The average molecular weight is 318 g/mol. The third kappa shape index (κ3) is 4.72. The Hall–Kier alpha value is 0.140. The van der Waals surface area contributed by atoms with Gasteiger partial charge >= 0.3 is 0 Å². The molecule has 1 aromatic rings. The summed E-state index contributed by atoms with van der Waals surface area (Å²) in [5.74, 6) is 0.809. The van der Waals surface area contributed by atoms with Crippen LogP contribution in [0.5, 0.6) is 0 Å². The first-order valence-corrected chi connectivity index (χ1v) is 8.29. The monoisotopic (exact) mass is 317 g/mol. The van der Waals surface area contributed by atoms with E-state index in [1.54, 1.807) is 0 Å². The van der Waals surface area contributed by atoms with Crippen molar-refractivity contribution in [2.24, 2.45) is 5.92 Å². The lowest BCUT2D eigenvalue weighted by Gasteiger charge is -2.26. The number of hydrogen-bond acceptors (Lipinski definition) is 2. The Morgan fingerprint density at radius 1 is 1.29 bits per heavy atom. The van der Waals surface area contributed by atoms with Crippen LogP contribution in [0.15, 0.2) is 15.9 Å². The van der Waals surface area contributed by atoms with Crippen LogP contribution in [0.4, 0.5) is 0 Å². The first-order valence-electron chi connectivity index (χ1n) is 6.62. The van der Waals surface area contributed by atoms with Gasteiger partial charge in [-0.05, 0) is 59.6 Å². The zero-order valence-corrected chi connectivity index (χ0v) is 13.5. The predicted octanol–water partition coefficient (Wildman–Crippen LogP) is 4.86. The molecule has 0 radical (unpaired) electrons. The Bertz CT molecular complexity index is 305. The fourth-order valence-corrected chi connectivity index (χ4v) is 4.04. The summed E-state index contributed by atoms with van der Waals surface area (Å²) in [4.78, 5) is 1.47. The minimum Gasteiger partial charge on any atom is -0.316 e. The van der Waals surface area contributed by atoms with Gasteiger partial charge in [0.05, 0.1) is 0 Å². The van der Waals surface area contributed by atoms with Crippen LogP contribution in [0, 0.1) is 5.92 Å². The highest BCUT2D eigenvalue weighted by Gasteiger charge is 2.20. The van der Waals surface area contributed by atoms with Gasteiger partial charge in [0, 0.05) is 15.4 Å². The normalized spacial score (nSPS) is 13.2. The summed E-state index contributed by atoms with van der Waals surface area (Å²) in [5.41, 5.74) is 0. The zero-order chi connectivity index (χ0) is 12.7. The molecule has 1 rings (SSSR count). The SMILES string of the molecule is CCCC(CCC)C(Cc1sccc1Br)NC. The van der Waals surface area contributed by atoms with Crippen LogP contribution < -0.4 is 5.32 Å². The van der Waals surface area contributed by atoms with Gasteiger partial charge in [-0.1, -0.05) is 26.7 Å². The third-order valence-electron chi connectivity index (χ3n) is 3.36. The van der Waals surface area contributed by atoms with Crippen molar-refractivity contribution in [2.45, 2.75) is 52.0 Å². The lowest BCUT2D eigenvalue weighted by Crippen LogP contribution is -2.35. The molecule has 1 atom stereocenters. The van der Waals surface area contributed by atoms with E-state index in [9.17, 15) is 0 Å². The highest BCUT2D eigenvalue weighted by Crippen LogP contribution is 2.27. The molecule has 0 aliphatic heterocycles. The molecule has 1 unspecified atom stereocenters. The minimum atomic E-state index is 0.616. The molecule has 98 valence electrons. The van der Waals surface area contributed by atoms with Gasteiger partial charge in [-0.15, -0.1) is 11.3 Å². The summed E-state index contributed by atoms with van der Waals surface area (Å²) in [6.07, 6.45) is 6.40. The second kappa shape index (κ2) is 8.28. The number of likely N-dealkylation sites (N-methyl/N-ethyl adjacent to an activating group) is 1. The molecule has 0 saturated heterocycles. The minimum absolute atomic E-state index is 0.616. The zero-order valence-electron chi connectivity index (χ0n) is 11.1. The molecule has 17 heavy (non-hydrogen) atoms. The van der Waals surface area contributed by atoms with Crippen molar-refractivity contribution in [1.29, 1.82) is 0 Å². The molecule has 0 saturated carbocycles. The summed E-state index contributed by atoms with van der Waals surface area (Å²) in [6.45, 7) is 4.58. The molecular weight excluding hydrogens is 294 g/mol. The molecule has 1 nitrogen and oxygen atoms in total. The molecule has 0 aliphatic carbocycles. The number of nitrogens with one attached hydrogen (secondary N) is 1. The maximum Gasteiger partial charge on any atom is 0.0314 e. The Kier molecular flexibility index (Phi) is 7.40. The smallest absolute Gasteiger partial charge is 0.0314 e. The van der Waals surface area contributed by atoms with Crippen molar-refractivity contribution in [1.82, 2.24) is 5.32 Å². The summed E-state index contributed by atoms with van der Waals surface area (Å²) in [6, 6.07) is 2.77. The first-order chi connectivity index (χ1) is 8.22. The molecule has 0 spiro atoms. The summed E-state index contributed by atoms with van der Waals surface area (Å²) in [7, 11) is 2.10. The second-order valence-corrected chi connectivity index (χ2v) is 6.48. The van der Waals surface area contributed by atoms with Crippen LogP contribution >= 0.6 is 27.3 Å². The van der Waals surface area contributed by atoms with Crippen LogP contribution in [0.1, 0.15) is 44.4 Å². The molecule has 1 heterocycles. The molecule has 0 amide bonds. The Morgan fingerprint density at radius 2 is 1.94 bits per heavy atom. The van der Waals surface area contributed by atoms with Crippen molar-refractivity contribution in [3.05, 3.63) is 20.8 Å². The van der Waals surface area contributed by atoms with Gasteiger partial charge < -0.3 is 5.32 Å². The molecule has 3 heteroatoms. The molecule has 0 aliphatic rings. The van der Waals surface area contributed by atoms with Gasteiger partial charge in [0.25, 0.3) is 0 Å². The fraction of sp³-hybridized carbons (Fsp3) is 0.714. The van der Waals surface area contributed by atoms with Gasteiger partial charge in [0.1, 0.15) is 0 Å². The molecule has 0 bridgehead atoms. The highest BCUT2D eigenvalue weighted by molar-refractivity contribution is 9.10. The molecule has 1 N–H and O–H groups in total. The van der Waals surface area contributed by atoms with E-state index in [1.165, 1.54) is 35.0 Å². The van der Waals surface area contributed by atoms with Gasteiger partial charge in [0.2, 0.25) is 0 Å². The predicted molar refractivity (Wildman–Crippen MR) is 81.9 cm³/mol. The second-order valence-electron chi connectivity index (χ2n) is 4.63. The quantitative estimate of drug-likeness (QED) is 0.722. The van der Waals surface area contributed by atoms with Crippen LogP contribution in [0.2, 0.25) is 0 Å². The fourth-order valence-electron chi connectivity index (χ4n) is 2.46. The number of thiophene rings is 1. The van der Waals surface area contributed by atoms with Gasteiger partial charge in [-0.3, -0.25) is 0 Å². The van der Waals surface area contributed by atoms with E-state index in [0.29, 0.717) is 6.04 Å². The van der Waals surface area contributed by atoms with Crippen molar-refractivity contribution < 1.29 is 0 Å². The molecule has 0 aromatic carbocycles. The van der Waals surface area contributed by atoms with E-state index >= 15 is 0 Å². The number of halogens is 1. The van der Waals surface area contributed by atoms with Crippen molar-refractivity contribution >= 4 is 27.3 Å². The maximum atomic E-state index is 3.63. The van der Waals surface area contributed by atoms with Crippen LogP contribution in [0.25, 0.3) is 0 Å². The maximum absolute atomic E-state index is 3.63. The Labute approximate surface area is 118 Å². The Morgan fingerprint density at radius 3 is 2.35 bits per heavy atom. The van der Waals surface area contributed by atoms with E-state index in [2.05, 4.69) is 53.6 Å². The van der Waals surface area contributed by atoms with E-state index in [1.807, 2.05) is 11.3 Å². The van der Waals surface area contributed by atoms with Crippen molar-refractivity contribution in [2.75, 3.05) is 7.05 Å². The van der Waals surface area contributed by atoms with Crippen LogP contribution in [-0.2, 0) is 6.42 Å². The van der Waals surface area contributed by atoms with Crippen molar-refractivity contribution in [3.63, 3.8) is 0 Å². The molecule has 1 aromatic heterocycles. The Balaban J connectivity index is 2.64. The summed E-state index contributed by atoms with van der Waals surface area (Å²) >= 11 is 5.49. The largest absolute Gasteiger partial charge is 0.316 e. The molecule has 0 fully saturated rings. The lowest BCUT2D eigenvalue weighted by molar-refractivity contribution is 0.323. The van der Waals surface area contributed by atoms with Crippen LogP contribution in [0.3, 0.4) is 0 Å². The number of rotatable bonds is 8. The van der Waals surface area contributed by atoms with E-state index in [4.69, 9.17) is 0 Å². The van der Waals surface area contributed by atoms with Gasteiger partial charge in [-0.25, -0.2) is 0 Å². The van der Waals surface area contributed by atoms with E-state index < -0.39 is 0 Å². The summed E-state index contributed by atoms with van der Waals surface area (Å²) in [5, 5.41) is 5.69. The first kappa shape index (κ1) is 15.2. The van der Waals surface area contributed by atoms with Crippen molar-refractivity contribution in [3.8, 4) is 0 Å². The van der Waals surface area contributed by atoms with E-state index in [0.717, 1.165) is 12.3 Å². The van der Waals surface area contributed by atoms with Gasteiger partial charge in [-0.2, -0.15) is 0 Å². The van der Waals surface area contributed by atoms with Crippen LogP contribution in [-0.4, -0.2) is 13.1 Å². The topological polar surface area (TPSA) is 12.0 Å². The molecular formula is C14H24BrNS. The average Bonchev–Trinajstić information content (AvgIpc) is 2.71. The number of hydrogen-bond donors (Lipinski definition) is 1. The van der Waals surface area contributed by atoms with E-state index in [-0.39, 0.29) is 0 Å². The third-order valence-corrected chi connectivity index (χ3v) is 5.30. The summed E-state index contributed by atoms with van der Waals surface area (Å²) < 4.78 is 1.27. The lowest BCUT2D eigenvalue weighted by atomic mass is 9.88. The highest BCUT2D eigenvalue weighted by atomic mass is 79.9.